The summed E-state index contributed by atoms with van der Waals surface area (Å²) < 4.78 is 6.79. The molecule has 2 aromatic rings. The van der Waals surface area contributed by atoms with Crippen molar-refractivity contribution in [2.45, 2.75) is 19.9 Å². The van der Waals surface area contributed by atoms with Gasteiger partial charge in [-0.05, 0) is 56.3 Å². The molecule has 1 unspecified atom stereocenters. The first-order valence-electron chi connectivity index (χ1n) is 5.61. The highest BCUT2D eigenvalue weighted by Gasteiger charge is 2.16. The fraction of sp³-hybridized carbons (Fsp3) is 0.286. The minimum Gasteiger partial charge on any atom is -0.464 e. The molecule has 3 heteroatoms. The second-order valence-corrected chi connectivity index (χ2v) is 5.15. The lowest BCUT2D eigenvalue weighted by molar-refractivity contribution is 0.444. The smallest absolute Gasteiger partial charge is 0.125 e. The van der Waals surface area contributed by atoms with Crippen molar-refractivity contribution in [3.8, 4) is 0 Å². The number of aryl methyl sites for hydroxylation is 2. The van der Waals surface area contributed by atoms with Gasteiger partial charge in [-0.3, -0.25) is 0 Å². The molecular formula is C14H16BrNO. The molecule has 1 aromatic heterocycles. The SMILES string of the molecule is CNC(c1cc(C)cc(Br)c1)c1ccc(C)o1. The Morgan fingerprint density at radius 3 is 2.47 bits per heavy atom. The van der Waals surface area contributed by atoms with Crippen LogP contribution in [0.25, 0.3) is 0 Å². The molecule has 0 bridgehead atoms. The first-order chi connectivity index (χ1) is 8.10. The van der Waals surface area contributed by atoms with Gasteiger partial charge in [-0.15, -0.1) is 0 Å². The summed E-state index contributed by atoms with van der Waals surface area (Å²) in [6.07, 6.45) is 0. The third-order valence-electron chi connectivity index (χ3n) is 2.73. The number of furan rings is 1. The molecule has 0 aliphatic heterocycles. The Morgan fingerprint density at radius 2 is 1.94 bits per heavy atom. The van der Waals surface area contributed by atoms with Crippen LogP contribution in [0, 0.1) is 13.8 Å². The summed E-state index contributed by atoms with van der Waals surface area (Å²) in [4.78, 5) is 0. The lowest BCUT2D eigenvalue weighted by Gasteiger charge is -2.15. The van der Waals surface area contributed by atoms with E-state index in [1.165, 1.54) is 11.1 Å². The number of hydrogen-bond donors (Lipinski definition) is 1. The fourth-order valence-corrected chi connectivity index (χ4v) is 2.64. The summed E-state index contributed by atoms with van der Waals surface area (Å²) in [7, 11) is 1.94. The van der Waals surface area contributed by atoms with Crippen molar-refractivity contribution in [3.05, 3.63) is 57.5 Å². The maximum Gasteiger partial charge on any atom is 0.125 e. The highest BCUT2D eigenvalue weighted by Crippen LogP contribution is 2.26. The van der Waals surface area contributed by atoms with Crippen LogP contribution in [0.2, 0.25) is 0 Å². The predicted octanol–water partition coefficient (Wildman–Crippen LogP) is 3.97. The number of nitrogens with one attached hydrogen (secondary N) is 1. The predicted molar refractivity (Wildman–Crippen MR) is 73.2 cm³/mol. The second-order valence-electron chi connectivity index (χ2n) is 4.23. The molecule has 0 aliphatic rings. The van der Waals surface area contributed by atoms with Crippen LogP contribution in [0.1, 0.15) is 28.7 Å². The quantitative estimate of drug-likeness (QED) is 0.926. The largest absolute Gasteiger partial charge is 0.464 e. The van der Waals surface area contributed by atoms with Crippen molar-refractivity contribution < 1.29 is 4.42 Å². The van der Waals surface area contributed by atoms with Gasteiger partial charge in [0, 0.05) is 4.47 Å². The highest BCUT2D eigenvalue weighted by atomic mass is 79.9. The molecule has 0 saturated heterocycles. The molecule has 0 aliphatic carbocycles. The van der Waals surface area contributed by atoms with Gasteiger partial charge in [0.25, 0.3) is 0 Å². The summed E-state index contributed by atoms with van der Waals surface area (Å²) in [6.45, 7) is 4.05. The number of halogens is 1. The van der Waals surface area contributed by atoms with E-state index in [0.717, 1.165) is 16.0 Å². The van der Waals surface area contributed by atoms with Crippen LogP contribution in [0.5, 0.6) is 0 Å². The average Bonchev–Trinajstić information content (AvgIpc) is 2.64. The minimum absolute atomic E-state index is 0.0971. The average molecular weight is 294 g/mol. The van der Waals surface area contributed by atoms with Crippen molar-refractivity contribution in [2.75, 3.05) is 7.05 Å². The molecule has 17 heavy (non-hydrogen) atoms. The number of rotatable bonds is 3. The Hall–Kier alpha value is -1.06. The van der Waals surface area contributed by atoms with Gasteiger partial charge in [0.1, 0.15) is 11.5 Å². The van der Waals surface area contributed by atoms with Gasteiger partial charge in [0.2, 0.25) is 0 Å². The first-order valence-corrected chi connectivity index (χ1v) is 6.40. The van der Waals surface area contributed by atoms with Crippen LogP contribution < -0.4 is 5.32 Å². The summed E-state index contributed by atoms with van der Waals surface area (Å²) in [5.74, 6) is 1.88. The van der Waals surface area contributed by atoms with Crippen LogP contribution in [0.15, 0.2) is 39.2 Å². The number of hydrogen-bond acceptors (Lipinski definition) is 2. The molecule has 0 fully saturated rings. The van der Waals surface area contributed by atoms with Crippen molar-refractivity contribution >= 4 is 15.9 Å². The Labute approximate surface area is 110 Å². The van der Waals surface area contributed by atoms with Crippen LogP contribution in [0.4, 0.5) is 0 Å². The second kappa shape index (κ2) is 5.07. The molecule has 90 valence electrons. The lowest BCUT2D eigenvalue weighted by Crippen LogP contribution is -2.17. The van der Waals surface area contributed by atoms with E-state index >= 15 is 0 Å². The fourth-order valence-electron chi connectivity index (χ4n) is 2.01. The van der Waals surface area contributed by atoms with E-state index in [9.17, 15) is 0 Å². The standard InChI is InChI=1S/C14H16BrNO/c1-9-6-11(8-12(15)7-9)14(16-3)13-5-4-10(2)17-13/h4-8,14,16H,1-3H3. The molecule has 0 amide bonds. The van der Waals surface area contributed by atoms with Gasteiger partial charge in [-0.25, -0.2) is 0 Å². The van der Waals surface area contributed by atoms with Gasteiger partial charge < -0.3 is 9.73 Å². The zero-order valence-electron chi connectivity index (χ0n) is 10.3. The van der Waals surface area contributed by atoms with Crippen LogP contribution in [0.3, 0.4) is 0 Å². The van der Waals surface area contributed by atoms with Crippen molar-refractivity contribution in [1.82, 2.24) is 5.32 Å². The molecule has 1 aromatic carbocycles. The molecule has 1 N–H and O–H groups in total. The minimum atomic E-state index is 0.0971. The van der Waals surface area contributed by atoms with Gasteiger partial charge in [-0.2, -0.15) is 0 Å². The Bertz CT molecular complexity index is 498. The van der Waals surface area contributed by atoms with Crippen LogP contribution >= 0.6 is 15.9 Å². The third kappa shape index (κ3) is 2.79. The van der Waals surface area contributed by atoms with E-state index in [0.29, 0.717) is 0 Å². The summed E-state index contributed by atoms with van der Waals surface area (Å²) in [6, 6.07) is 10.5. The monoisotopic (exact) mass is 293 g/mol. The normalized spacial score (nSPS) is 12.7. The Balaban J connectivity index is 2.41. The Morgan fingerprint density at radius 1 is 1.18 bits per heavy atom. The third-order valence-corrected chi connectivity index (χ3v) is 3.19. The van der Waals surface area contributed by atoms with Crippen LogP contribution in [-0.4, -0.2) is 7.05 Å². The molecule has 0 spiro atoms. The lowest BCUT2D eigenvalue weighted by atomic mass is 10.0. The molecule has 1 heterocycles. The maximum absolute atomic E-state index is 5.69. The van der Waals surface area contributed by atoms with Gasteiger partial charge in [0.15, 0.2) is 0 Å². The number of benzene rings is 1. The van der Waals surface area contributed by atoms with E-state index in [-0.39, 0.29) is 6.04 Å². The van der Waals surface area contributed by atoms with E-state index in [2.05, 4.69) is 46.4 Å². The van der Waals surface area contributed by atoms with Crippen molar-refractivity contribution in [1.29, 1.82) is 0 Å². The molecule has 2 nitrogen and oxygen atoms in total. The topological polar surface area (TPSA) is 25.2 Å². The molecule has 1 atom stereocenters. The molecule has 0 saturated carbocycles. The van der Waals surface area contributed by atoms with E-state index in [1.54, 1.807) is 0 Å². The zero-order chi connectivity index (χ0) is 12.4. The van der Waals surface area contributed by atoms with Crippen molar-refractivity contribution in [2.24, 2.45) is 0 Å². The molecule has 0 radical (unpaired) electrons. The molecule has 2 rings (SSSR count). The molecular weight excluding hydrogens is 278 g/mol. The summed E-state index contributed by atoms with van der Waals surface area (Å²) in [5, 5.41) is 3.29. The van der Waals surface area contributed by atoms with Gasteiger partial charge in [-0.1, -0.05) is 22.0 Å². The first kappa shape index (κ1) is 12.4. The van der Waals surface area contributed by atoms with E-state index in [4.69, 9.17) is 4.42 Å². The van der Waals surface area contributed by atoms with Gasteiger partial charge in [0.05, 0.1) is 6.04 Å². The van der Waals surface area contributed by atoms with Gasteiger partial charge >= 0.3 is 0 Å². The summed E-state index contributed by atoms with van der Waals surface area (Å²) in [5.41, 5.74) is 2.44. The van der Waals surface area contributed by atoms with Crippen molar-refractivity contribution in [3.63, 3.8) is 0 Å². The Kier molecular flexibility index (Phi) is 3.69. The zero-order valence-corrected chi connectivity index (χ0v) is 11.8. The highest BCUT2D eigenvalue weighted by molar-refractivity contribution is 9.10. The van der Waals surface area contributed by atoms with Crippen LogP contribution in [-0.2, 0) is 0 Å². The van der Waals surface area contributed by atoms with E-state index in [1.807, 2.05) is 26.1 Å². The maximum atomic E-state index is 5.69. The van der Waals surface area contributed by atoms with E-state index < -0.39 is 0 Å². The summed E-state index contributed by atoms with van der Waals surface area (Å²) >= 11 is 3.53.